The summed E-state index contributed by atoms with van der Waals surface area (Å²) < 4.78 is 5.33. The molecule has 0 unspecified atom stereocenters. The number of nitrogens with zero attached hydrogens (tertiary/aromatic N) is 1. The van der Waals surface area contributed by atoms with Crippen molar-refractivity contribution in [3.63, 3.8) is 0 Å². The van der Waals surface area contributed by atoms with E-state index in [9.17, 15) is 14.7 Å². The van der Waals surface area contributed by atoms with Gasteiger partial charge in [0.15, 0.2) is 0 Å². The lowest BCUT2D eigenvalue weighted by Crippen LogP contribution is -2.35. The summed E-state index contributed by atoms with van der Waals surface area (Å²) in [7, 11) is 0. The fourth-order valence-electron chi connectivity index (χ4n) is 2.57. The predicted molar refractivity (Wildman–Crippen MR) is 78.1 cm³/mol. The predicted octanol–water partition coefficient (Wildman–Crippen LogP) is 2.72. The lowest BCUT2D eigenvalue weighted by molar-refractivity contribution is -0.141. The molecule has 1 amide bonds. The van der Waals surface area contributed by atoms with E-state index >= 15 is 0 Å². The SMILES string of the molecule is CC(C)(C)OC(=O)N1C[C@H](C(=O)O)[C@H](c2ccccc2)C1. The highest BCUT2D eigenvalue weighted by Crippen LogP contribution is 2.33. The van der Waals surface area contributed by atoms with Gasteiger partial charge in [-0.3, -0.25) is 4.79 Å². The molecule has 1 aliphatic rings. The molecule has 5 nitrogen and oxygen atoms in total. The van der Waals surface area contributed by atoms with Crippen LogP contribution in [-0.2, 0) is 9.53 Å². The smallest absolute Gasteiger partial charge is 0.410 e. The first-order chi connectivity index (χ1) is 9.78. The Morgan fingerprint density at radius 3 is 2.33 bits per heavy atom. The van der Waals surface area contributed by atoms with E-state index in [1.807, 2.05) is 30.3 Å². The highest BCUT2D eigenvalue weighted by atomic mass is 16.6. The summed E-state index contributed by atoms with van der Waals surface area (Å²) in [5.41, 5.74) is 0.358. The number of carboxylic acids is 1. The molecule has 2 atom stereocenters. The molecule has 0 saturated carbocycles. The molecular formula is C16H21NO4. The van der Waals surface area contributed by atoms with Gasteiger partial charge in [-0.15, -0.1) is 0 Å². The van der Waals surface area contributed by atoms with Crippen LogP contribution in [0.1, 0.15) is 32.3 Å². The van der Waals surface area contributed by atoms with Crippen LogP contribution in [0, 0.1) is 5.92 Å². The minimum Gasteiger partial charge on any atom is -0.481 e. The van der Waals surface area contributed by atoms with Crippen LogP contribution in [0.25, 0.3) is 0 Å². The Bertz CT molecular complexity index is 521. The van der Waals surface area contributed by atoms with Crippen molar-refractivity contribution in [1.29, 1.82) is 0 Å². The molecule has 1 aliphatic heterocycles. The van der Waals surface area contributed by atoms with Gasteiger partial charge in [-0.1, -0.05) is 30.3 Å². The van der Waals surface area contributed by atoms with Crippen molar-refractivity contribution in [3.8, 4) is 0 Å². The monoisotopic (exact) mass is 291 g/mol. The van der Waals surface area contributed by atoms with Crippen molar-refractivity contribution in [2.45, 2.75) is 32.3 Å². The van der Waals surface area contributed by atoms with Crippen LogP contribution in [0.3, 0.4) is 0 Å². The number of benzene rings is 1. The first-order valence-corrected chi connectivity index (χ1v) is 7.03. The first-order valence-electron chi connectivity index (χ1n) is 7.03. The van der Waals surface area contributed by atoms with Gasteiger partial charge in [0.25, 0.3) is 0 Å². The fourth-order valence-corrected chi connectivity index (χ4v) is 2.57. The molecule has 0 radical (unpaired) electrons. The number of rotatable bonds is 2. The third-order valence-corrected chi connectivity index (χ3v) is 3.52. The van der Waals surface area contributed by atoms with Crippen molar-refractivity contribution in [3.05, 3.63) is 35.9 Å². The Hall–Kier alpha value is -2.04. The van der Waals surface area contributed by atoms with E-state index < -0.39 is 23.6 Å². The number of amides is 1. The quantitative estimate of drug-likeness (QED) is 0.909. The van der Waals surface area contributed by atoms with Crippen molar-refractivity contribution >= 4 is 12.1 Å². The fraction of sp³-hybridized carbons (Fsp3) is 0.500. The summed E-state index contributed by atoms with van der Waals surface area (Å²) in [5.74, 6) is -1.67. The molecular weight excluding hydrogens is 270 g/mol. The molecule has 0 aliphatic carbocycles. The van der Waals surface area contributed by atoms with Crippen LogP contribution in [0.4, 0.5) is 4.79 Å². The Kier molecular flexibility index (Phi) is 4.21. The topological polar surface area (TPSA) is 66.8 Å². The highest BCUT2D eigenvalue weighted by Gasteiger charge is 2.41. The van der Waals surface area contributed by atoms with Gasteiger partial charge in [-0.2, -0.15) is 0 Å². The summed E-state index contributed by atoms with van der Waals surface area (Å²) in [4.78, 5) is 25.1. The summed E-state index contributed by atoms with van der Waals surface area (Å²) in [6.07, 6.45) is -0.452. The van der Waals surface area contributed by atoms with Crippen LogP contribution < -0.4 is 0 Å². The van der Waals surface area contributed by atoms with Gasteiger partial charge in [0.05, 0.1) is 5.92 Å². The number of hydrogen-bond donors (Lipinski definition) is 1. The lowest BCUT2D eigenvalue weighted by Gasteiger charge is -2.24. The van der Waals surface area contributed by atoms with Crippen molar-refractivity contribution < 1.29 is 19.4 Å². The molecule has 0 spiro atoms. The van der Waals surface area contributed by atoms with E-state index in [-0.39, 0.29) is 12.5 Å². The van der Waals surface area contributed by atoms with Crippen LogP contribution in [0.15, 0.2) is 30.3 Å². The molecule has 0 aromatic heterocycles. The Morgan fingerprint density at radius 1 is 1.19 bits per heavy atom. The number of carbonyl (C=O) groups is 2. The number of carboxylic acid groups (broad SMARTS) is 1. The second-order valence-electron chi connectivity index (χ2n) is 6.35. The molecule has 1 fully saturated rings. The van der Waals surface area contributed by atoms with Gasteiger partial charge in [0, 0.05) is 19.0 Å². The maximum atomic E-state index is 12.1. The lowest BCUT2D eigenvalue weighted by atomic mass is 9.89. The van der Waals surface area contributed by atoms with E-state index in [1.165, 1.54) is 4.90 Å². The second kappa shape index (κ2) is 5.76. The number of hydrogen-bond acceptors (Lipinski definition) is 3. The average Bonchev–Trinajstić information content (AvgIpc) is 2.83. The summed E-state index contributed by atoms with van der Waals surface area (Å²) in [5, 5.41) is 9.40. The normalized spacial score (nSPS) is 22.1. The maximum Gasteiger partial charge on any atom is 0.410 e. The van der Waals surface area contributed by atoms with Gasteiger partial charge in [-0.25, -0.2) is 4.79 Å². The number of ether oxygens (including phenoxy) is 1. The third kappa shape index (κ3) is 3.74. The zero-order valence-corrected chi connectivity index (χ0v) is 12.6. The molecule has 2 rings (SSSR count). The van der Waals surface area contributed by atoms with Gasteiger partial charge in [0.2, 0.25) is 0 Å². The van der Waals surface area contributed by atoms with Crippen molar-refractivity contribution in [2.24, 2.45) is 5.92 Å². The molecule has 1 aromatic carbocycles. The van der Waals surface area contributed by atoms with Crippen molar-refractivity contribution in [1.82, 2.24) is 4.90 Å². The molecule has 1 N–H and O–H groups in total. The number of likely N-dealkylation sites (tertiary alicyclic amines) is 1. The summed E-state index contributed by atoms with van der Waals surface area (Å²) >= 11 is 0. The largest absolute Gasteiger partial charge is 0.481 e. The Balaban J connectivity index is 2.16. The third-order valence-electron chi connectivity index (χ3n) is 3.52. The molecule has 114 valence electrons. The second-order valence-corrected chi connectivity index (χ2v) is 6.35. The molecule has 1 aromatic rings. The molecule has 21 heavy (non-hydrogen) atoms. The van der Waals surface area contributed by atoms with Crippen LogP contribution in [0.2, 0.25) is 0 Å². The Morgan fingerprint density at radius 2 is 1.81 bits per heavy atom. The first kappa shape index (κ1) is 15.4. The van der Waals surface area contributed by atoms with Crippen molar-refractivity contribution in [2.75, 3.05) is 13.1 Å². The minimum absolute atomic E-state index is 0.184. The molecule has 5 heteroatoms. The van der Waals surface area contributed by atoms with Gasteiger partial charge in [0.1, 0.15) is 5.60 Å². The van der Waals surface area contributed by atoms with Crippen LogP contribution in [-0.4, -0.2) is 40.8 Å². The number of carbonyl (C=O) groups excluding carboxylic acids is 1. The zero-order chi connectivity index (χ0) is 15.6. The average molecular weight is 291 g/mol. The molecule has 1 heterocycles. The van der Waals surface area contributed by atoms with E-state index in [4.69, 9.17) is 4.74 Å². The van der Waals surface area contributed by atoms with E-state index in [2.05, 4.69) is 0 Å². The Labute approximate surface area is 124 Å². The van der Waals surface area contributed by atoms with E-state index in [1.54, 1.807) is 20.8 Å². The summed E-state index contributed by atoms with van der Waals surface area (Å²) in [6.45, 7) is 5.94. The van der Waals surface area contributed by atoms with E-state index in [0.29, 0.717) is 6.54 Å². The van der Waals surface area contributed by atoms with Gasteiger partial charge < -0.3 is 14.7 Å². The minimum atomic E-state index is -0.880. The maximum absolute atomic E-state index is 12.1. The molecule has 0 bridgehead atoms. The van der Waals surface area contributed by atoms with Gasteiger partial charge >= 0.3 is 12.1 Å². The molecule has 1 saturated heterocycles. The van der Waals surface area contributed by atoms with Gasteiger partial charge in [-0.05, 0) is 26.3 Å². The zero-order valence-electron chi connectivity index (χ0n) is 12.6. The standard InChI is InChI=1S/C16H21NO4/c1-16(2,3)21-15(20)17-9-12(13(10-17)14(18)19)11-7-5-4-6-8-11/h4-8,12-13H,9-10H2,1-3H3,(H,18,19)/t12-,13-/m0/s1. The summed E-state index contributed by atoms with van der Waals surface area (Å²) in [6, 6.07) is 9.45. The highest BCUT2D eigenvalue weighted by molar-refractivity contribution is 5.75. The van der Waals surface area contributed by atoms with E-state index in [0.717, 1.165) is 5.56 Å². The van der Waals surface area contributed by atoms with Crippen LogP contribution >= 0.6 is 0 Å². The number of aliphatic carboxylic acids is 1. The van der Waals surface area contributed by atoms with Crippen LogP contribution in [0.5, 0.6) is 0 Å².